The molecule has 1 fully saturated rings. The number of nitrogens with zero attached hydrogens (tertiary/aromatic N) is 2. The minimum absolute atomic E-state index is 0.0152. The molecule has 0 saturated carbocycles. The van der Waals surface area contributed by atoms with Gasteiger partial charge in [0.1, 0.15) is 0 Å². The van der Waals surface area contributed by atoms with Gasteiger partial charge in [0.25, 0.3) is 5.69 Å². The Hall–Kier alpha value is -1.95. The summed E-state index contributed by atoms with van der Waals surface area (Å²) in [6, 6.07) is 6.12. The van der Waals surface area contributed by atoms with Gasteiger partial charge in [-0.3, -0.25) is 14.9 Å². The molecular formula is C13H16N2O4. The van der Waals surface area contributed by atoms with Crippen molar-refractivity contribution >= 4 is 11.6 Å². The number of non-ortho nitro benzene ring substituents is 1. The lowest BCUT2D eigenvalue weighted by Crippen LogP contribution is -2.33. The minimum atomic E-state index is -0.472. The van der Waals surface area contributed by atoms with E-state index in [1.54, 1.807) is 24.0 Å². The van der Waals surface area contributed by atoms with Crippen LogP contribution in [0.1, 0.15) is 24.8 Å². The number of nitro benzene ring substituents is 1. The second-order valence-corrected chi connectivity index (χ2v) is 4.80. The fourth-order valence-corrected chi connectivity index (χ4v) is 2.27. The second-order valence-electron chi connectivity index (χ2n) is 4.80. The molecule has 102 valence electrons. The van der Waals surface area contributed by atoms with Crippen LogP contribution in [-0.2, 0) is 4.79 Å². The molecule has 1 aliphatic rings. The summed E-state index contributed by atoms with van der Waals surface area (Å²) >= 11 is 0. The van der Waals surface area contributed by atoms with E-state index < -0.39 is 16.9 Å². The van der Waals surface area contributed by atoms with Gasteiger partial charge < -0.3 is 10.0 Å². The number of aliphatic hydroxyl groups is 1. The molecule has 1 aliphatic heterocycles. The highest BCUT2D eigenvalue weighted by Crippen LogP contribution is 2.24. The molecule has 0 bridgehead atoms. The maximum Gasteiger partial charge on any atom is 0.269 e. The van der Waals surface area contributed by atoms with Gasteiger partial charge in [-0.15, -0.1) is 0 Å². The molecule has 1 heterocycles. The summed E-state index contributed by atoms with van der Waals surface area (Å²) in [6.07, 6.45) is 0.134. The van der Waals surface area contributed by atoms with Gasteiger partial charge in [-0.2, -0.15) is 0 Å². The predicted octanol–water partition coefficient (Wildman–Crippen LogP) is 1.29. The first-order valence-electron chi connectivity index (χ1n) is 6.20. The fraction of sp³-hybridized carbons (Fsp3) is 0.462. The van der Waals surface area contributed by atoms with Crippen molar-refractivity contribution in [2.24, 2.45) is 0 Å². The smallest absolute Gasteiger partial charge is 0.269 e. The lowest BCUT2D eigenvalue weighted by atomic mass is 9.99. The van der Waals surface area contributed by atoms with Gasteiger partial charge >= 0.3 is 0 Å². The third-order valence-electron chi connectivity index (χ3n) is 3.43. The number of amides is 1. The van der Waals surface area contributed by atoms with Crippen LogP contribution in [-0.4, -0.2) is 40.0 Å². The molecule has 0 spiro atoms. The Morgan fingerprint density at radius 1 is 1.58 bits per heavy atom. The first-order chi connectivity index (χ1) is 8.99. The third-order valence-corrected chi connectivity index (χ3v) is 3.43. The van der Waals surface area contributed by atoms with Crippen molar-refractivity contribution in [3.05, 3.63) is 39.9 Å². The van der Waals surface area contributed by atoms with E-state index in [1.165, 1.54) is 12.1 Å². The van der Waals surface area contributed by atoms with Gasteiger partial charge in [-0.1, -0.05) is 12.1 Å². The zero-order valence-electron chi connectivity index (χ0n) is 10.7. The highest BCUT2D eigenvalue weighted by Gasteiger charge is 2.28. The molecule has 1 saturated heterocycles. The number of carbonyl (C=O) groups is 1. The van der Waals surface area contributed by atoms with Crippen LogP contribution in [0.4, 0.5) is 5.69 Å². The first-order valence-corrected chi connectivity index (χ1v) is 6.20. The van der Waals surface area contributed by atoms with Gasteiger partial charge in [-0.25, -0.2) is 0 Å². The average Bonchev–Trinajstić information content (AvgIpc) is 2.84. The zero-order valence-corrected chi connectivity index (χ0v) is 10.7. The largest absolute Gasteiger partial charge is 0.391 e. The van der Waals surface area contributed by atoms with Crippen molar-refractivity contribution < 1.29 is 14.8 Å². The number of rotatable bonds is 3. The van der Waals surface area contributed by atoms with Crippen LogP contribution in [0.5, 0.6) is 0 Å². The molecule has 1 aromatic rings. The Labute approximate surface area is 110 Å². The molecular weight excluding hydrogens is 248 g/mol. The summed E-state index contributed by atoms with van der Waals surface area (Å²) in [6.45, 7) is 2.61. The Bertz CT molecular complexity index is 503. The van der Waals surface area contributed by atoms with Crippen molar-refractivity contribution in [1.29, 1.82) is 0 Å². The summed E-state index contributed by atoms with van der Waals surface area (Å²) in [5, 5.41) is 20.2. The van der Waals surface area contributed by atoms with E-state index in [0.717, 1.165) is 0 Å². The topological polar surface area (TPSA) is 83.7 Å². The number of nitro groups is 1. The van der Waals surface area contributed by atoms with Crippen molar-refractivity contribution in [3.63, 3.8) is 0 Å². The lowest BCUT2D eigenvalue weighted by molar-refractivity contribution is -0.384. The zero-order chi connectivity index (χ0) is 14.0. The van der Waals surface area contributed by atoms with Crippen LogP contribution in [0, 0.1) is 10.1 Å². The molecule has 2 atom stereocenters. The van der Waals surface area contributed by atoms with Crippen molar-refractivity contribution in [1.82, 2.24) is 4.90 Å². The van der Waals surface area contributed by atoms with Gasteiger partial charge in [0, 0.05) is 25.2 Å². The number of aliphatic hydroxyl groups excluding tert-OH is 1. The van der Waals surface area contributed by atoms with E-state index in [9.17, 15) is 20.0 Å². The molecule has 1 aromatic carbocycles. The van der Waals surface area contributed by atoms with Crippen LogP contribution in [0.15, 0.2) is 24.3 Å². The number of hydrogen-bond donors (Lipinski definition) is 1. The maximum absolute atomic E-state index is 12.2. The van der Waals surface area contributed by atoms with E-state index in [1.807, 2.05) is 0 Å². The summed E-state index contributed by atoms with van der Waals surface area (Å²) in [5.41, 5.74) is 0.610. The molecule has 6 heteroatoms. The second kappa shape index (κ2) is 5.36. The molecule has 6 nitrogen and oxygen atoms in total. The highest BCUT2D eigenvalue weighted by molar-refractivity contribution is 5.83. The van der Waals surface area contributed by atoms with E-state index in [0.29, 0.717) is 25.1 Å². The summed E-state index contributed by atoms with van der Waals surface area (Å²) < 4.78 is 0. The van der Waals surface area contributed by atoms with Crippen LogP contribution >= 0.6 is 0 Å². The van der Waals surface area contributed by atoms with Gasteiger partial charge in [0.2, 0.25) is 5.91 Å². The van der Waals surface area contributed by atoms with Crippen molar-refractivity contribution in [2.75, 3.05) is 13.1 Å². The SMILES string of the molecule is CC(C(=O)N1CCC(O)C1)c1cccc([N+](=O)[O-])c1. The van der Waals surface area contributed by atoms with E-state index in [4.69, 9.17) is 0 Å². The molecule has 19 heavy (non-hydrogen) atoms. The summed E-state index contributed by atoms with van der Waals surface area (Å²) in [7, 11) is 0. The Kier molecular flexibility index (Phi) is 3.80. The maximum atomic E-state index is 12.2. The molecule has 2 rings (SSSR count). The molecule has 1 amide bonds. The van der Waals surface area contributed by atoms with E-state index in [-0.39, 0.29) is 11.6 Å². The molecule has 0 radical (unpaired) electrons. The Morgan fingerprint density at radius 2 is 2.32 bits per heavy atom. The minimum Gasteiger partial charge on any atom is -0.391 e. The van der Waals surface area contributed by atoms with Crippen LogP contribution in [0.25, 0.3) is 0 Å². The Balaban J connectivity index is 2.14. The highest BCUT2D eigenvalue weighted by atomic mass is 16.6. The van der Waals surface area contributed by atoms with Gasteiger partial charge in [-0.05, 0) is 18.9 Å². The van der Waals surface area contributed by atoms with Crippen LogP contribution < -0.4 is 0 Å². The van der Waals surface area contributed by atoms with E-state index >= 15 is 0 Å². The quantitative estimate of drug-likeness (QED) is 0.658. The number of hydrogen-bond acceptors (Lipinski definition) is 4. The normalized spacial score (nSPS) is 20.3. The van der Waals surface area contributed by atoms with Crippen LogP contribution in [0.3, 0.4) is 0 Å². The Morgan fingerprint density at radius 3 is 2.89 bits per heavy atom. The van der Waals surface area contributed by atoms with Gasteiger partial charge in [0.15, 0.2) is 0 Å². The summed E-state index contributed by atoms with van der Waals surface area (Å²) in [4.78, 5) is 24.1. The molecule has 0 aliphatic carbocycles. The van der Waals surface area contributed by atoms with Crippen molar-refractivity contribution in [3.8, 4) is 0 Å². The monoisotopic (exact) mass is 264 g/mol. The number of benzene rings is 1. The fourth-order valence-electron chi connectivity index (χ4n) is 2.27. The average molecular weight is 264 g/mol. The summed E-state index contributed by atoms with van der Waals surface area (Å²) in [5.74, 6) is -0.540. The molecule has 0 aromatic heterocycles. The van der Waals surface area contributed by atoms with Crippen molar-refractivity contribution in [2.45, 2.75) is 25.4 Å². The number of β-amino-alcohol motifs (C(OH)–C–C–N with tert-alkyl or cyclic N) is 1. The molecule has 1 N–H and O–H groups in total. The van der Waals surface area contributed by atoms with Gasteiger partial charge in [0.05, 0.1) is 16.9 Å². The predicted molar refractivity (Wildman–Crippen MR) is 68.7 cm³/mol. The molecule has 2 unspecified atom stereocenters. The first kappa shape index (κ1) is 13.5. The number of likely N-dealkylation sites (tertiary alicyclic amines) is 1. The van der Waals surface area contributed by atoms with E-state index in [2.05, 4.69) is 0 Å². The number of carbonyl (C=O) groups excluding carboxylic acids is 1. The lowest BCUT2D eigenvalue weighted by Gasteiger charge is -2.20. The van der Waals surface area contributed by atoms with Crippen LogP contribution in [0.2, 0.25) is 0 Å². The standard InChI is InChI=1S/C13H16N2O4/c1-9(13(17)14-6-5-12(16)8-14)10-3-2-4-11(7-10)15(18)19/h2-4,7,9,12,16H,5-6,8H2,1H3. The third kappa shape index (κ3) is 2.90.